The van der Waals surface area contributed by atoms with Crippen molar-refractivity contribution >= 4 is 27.7 Å². The first-order valence-corrected chi connectivity index (χ1v) is 10.1. The van der Waals surface area contributed by atoms with E-state index in [0.29, 0.717) is 24.1 Å². The Morgan fingerprint density at radius 2 is 1.93 bits per heavy atom. The second-order valence-corrected chi connectivity index (χ2v) is 7.76. The van der Waals surface area contributed by atoms with Crippen LogP contribution in [0, 0.1) is 0 Å². The van der Waals surface area contributed by atoms with Crippen LogP contribution in [-0.2, 0) is 4.79 Å². The van der Waals surface area contributed by atoms with Crippen molar-refractivity contribution in [2.45, 2.75) is 38.5 Å². The van der Waals surface area contributed by atoms with Crippen molar-refractivity contribution < 1.29 is 23.1 Å². The molecule has 0 aromatic heterocycles. The Balaban J connectivity index is 1.67. The van der Waals surface area contributed by atoms with Gasteiger partial charge in [-0.2, -0.15) is 8.78 Å². The van der Waals surface area contributed by atoms with Crippen molar-refractivity contribution in [1.82, 2.24) is 10.2 Å². The summed E-state index contributed by atoms with van der Waals surface area (Å²) >= 11 is 3.34. The van der Waals surface area contributed by atoms with Crippen molar-refractivity contribution in [2.24, 2.45) is 0 Å². The highest BCUT2D eigenvalue weighted by Crippen LogP contribution is 2.24. The molecule has 0 saturated carbocycles. The van der Waals surface area contributed by atoms with Gasteiger partial charge >= 0.3 is 6.61 Å². The topological polar surface area (TPSA) is 58.6 Å². The summed E-state index contributed by atoms with van der Waals surface area (Å²) in [6.45, 7) is -0.638. The van der Waals surface area contributed by atoms with E-state index in [4.69, 9.17) is 0 Å². The Kier molecular flexibility index (Phi) is 6.84. The second kappa shape index (κ2) is 9.35. The van der Waals surface area contributed by atoms with Crippen molar-refractivity contribution in [2.75, 3.05) is 6.54 Å². The summed E-state index contributed by atoms with van der Waals surface area (Å²) in [5.41, 5.74) is 1.16. The molecule has 1 heterocycles. The number of alkyl halides is 2. The Bertz CT molecular complexity index is 876. The SMILES string of the molecule is CC(NC(=O)C1CCCN1C(=O)c1ccc(Br)cc1)c1cccc(OC(F)F)c1. The van der Waals surface area contributed by atoms with E-state index in [1.807, 2.05) is 0 Å². The maximum absolute atomic E-state index is 12.8. The number of halogens is 3. The van der Waals surface area contributed by atoms with Gasteiger partial charge in [0, 0.05) is 16.6 Å². The van der Waals surface area contributed by atoms with Gasteiger partial charge in [-0.3, -0.25) is 9.59 Å². The first kappa shape index (κ1) is 21.2. The van der Waals surface area contributed by atoms with Gasteiger partial charge in [-0.25, -0.2) is 0 Å². The van der Waals surface area contributed by atoms with Crippen LogP contribution in [0.4, 0.5) is 8.78 Å². The number of hydrogen-bond donors (Lipinski definition) is 1. The van der Waals surface area contributed by atoms with E-state index in [0.717, 1.165) is 10.9 Å². The smallest absolute Gasteiger partial charge is 0.387 e. The van der Waals surface area contributed by atoms with Crippen molar-refractivity contribution in [3.63, 3.8) is 0 Å². The molecule has 1 saturated heterocycles. The van der Waals surface area contributed by atoms with Gasteiger partial charge in [-0.1, -0.05) is 28.1 Å². The molecule has 0 radical (unpaired) electrons. The monoisotopic (exact) mass is 466 g/mol. The Morgan fingerprint density at radius 1 is 1.21 bits per heavy atom. The lowest BCUT2D eigenvalue weighted by Gasteiger charge is -2.26. The maximum atomic E-state index is 12.8. The first-order valence-electron chi connectivity index (χ1n) is 9.27. The summed E-state index contributed by atoms with van der Waals surface area (Å²) in [7, 11) is 0. The first-order chi connectivity index (χ1) is 13.8. The summed E-state index contributed by atoms with van der Waals surface area (Å²) in [6.07, 6.45) is 1.32. The fourth-order valence-electron chi connectivity index (χ4n) is 3.39. The Hall–Kier alpha value is -2.48. The molecule has 2 aromatic carbocycles. The molecule has 0 spiro atoms. The van der Waals surface area contributed by atoms with Crippen LogP contribution in [0.15, 0.2) is 53.0 Å². The zero-order valence-electron chi connectivity index (χ0n) is 15.8. The highest BCUT2D eigenvalue weighted by atomic mass is 79.9. The zero-order chi connectivity index (χ0) is 21.0. The summed E-state index contributed by atoms with van der Waals surface area (Å²) in [5.74, 6) is -0.415. The summed E-state index contributed by atoms with van der Waals surface area (Å²) in [4.78, 5) is 27.2. The van der Waals surface area contributed by atoms with E-state index in [9.17, 15) is 18.4 Å². The largest absolute Gasteiger partial charge is 0.435 e. The molecule has 154 valence electrons. The van der Waals surface area contributed by atoms with Crippen LogP contribution in [0.25, 0.3) is 0 Å². The zero-order valence-corrected chi connectivity index (χ0v) is 17.4. The highest BCUT2D eigenvalue weighted by molar-refractivity contribution is 9.10. The molecule has 8 heteroatoms. The minimum Gasteiger partial charge on any atom is -0.435 e. The van der Waals surface area contributed by atoms with Crippen molar-refractivity contribution in [3.05, 3.63) is 64.1 Å². The predicted molar refractivity (Wildman–Crippen MR) is 108 cm³/mol. The molecule has 1 fully saturated rings. The molecule has 0 aliphatic carbocycles. The number of carbonyl (C=O) groups excluding carboxylic acids is 2. The molecule has 2 atom stereocenters. The van der Waals surface area contributed by atoms with Gasteiger partial charge in [0.1, 0.15) is 11.8 Å². The number of benzene rings is 2. The molecule has 1 aliphatic heterocycles. The molecular weight excluding hydrogens is 446 g/mol. The van der Waals surface area contributed by atoms with Crippen LogP contribution in [-0.4, -0.2) is 35.9 Å². The normalized spacial score (nSPS) is 17.3. The van der Waals surface area contributed by atoms with Gasteiger partial charge in [0.05, 0.1) is 6.04 Å². The molecule has 0 bridgehead atoms. The third-order valence-electron chi connectivity index (χ3n) is 4.85. The highest BCUT2D eigenvalue weighted by Gasteiger charge is 2.35. The predicted octanol–water partition coefficient (Wildman–Crippen LogP) is 4.53. The van der Waals surface area contributed by atoms with Gasteiger partial charge in [0.15, 0.2) is 0 Å². The number of likely N-dealkylation sites (tertiary alicyclic amines) is 1. The molecular formula is C21H21BrF2N2O3. The summed E-state index contributed by atoms with van der Waals surface area (Å²) in [5, 5.41) is 2.88. The summed E-state index contributed by atoms with van der Waals surface area (Å²) in [6, 6.07) is 12.2. The standard InChI is InChI=1S/C21H21BrF2N2O3/c1-13(15-4-2-5-17(12-15)29-21(23)24)25-19(27)18-6-3-11-26(18)20(28)14-7-9-16(22)10-8-14/h2,4-5,7-10,12-13,18,21H,3,6,11H2,1H3,(H,25,27). The van der Waals surface area contributed by atoms with Gasteiger partial charge in [-0.15, -0.1) is 0 Å². The summed E-state index contributed by atoms with van der Waals surface area (Å²) < 4.78 is 30.1. The van der Waals surface area contributed by atoms with E-state index in [-0.39, 0.29) is 17.6 Å². The lowest BCUT2D eigenvalue weighted by molar-refractivity contribution is -0.125. The number of carbonyl (C=O) groups is 2. The van der Waals surface area contributed by atoms with Gasteiger partial charge < -0.3 is 15.0 Å². The van der Waals surface area contributed by atoms with Gasteiger partial charge in [0.25, 0.3) is 5.91 Å². The fourth-order valence-corrected chi connectivity index (χ4v) is 3.66. The second-order valence-electron chi connectivity index (χ2n) is 6.84. The number of rotatable bonds is 6. The van der Waals surface area contributed by atoms with E-state index in [2.05, 4.69) is 26.0 Å². The molecule has 5 nitrogen and oxygen atoms in total. The maximum Gasteiger partial charge on any atom is 0.387 e. The fraction of sp³-hybridized carbons (Fsp3) is 0.333. The van der Waals surface area contributed by atoms with Crippen LogP contribution >= 0.6 is 15.9 Å². The molecule has 2 unspecified atom stereocenters. The number of hydrogen-bond acceptors (Lipinski definition) is 3. The average molecular weight is 467 g/mol. The van der Waals surface area contributed by atoms with Crippen LogP contribution in [0.1, 0.15) is 41.7 Å². The van der Waals surface area contributed by atoms with Crippen LogP contribution in [0.2, 0.25) is 0 Å². The van der Waals surface area contributed by atoms with E-state index >= 15 is 0 Å². The van der Waals surface area contributed by atoms with E-state index < -0.39 is 18.7 Å². The van der Waals surface area contributed by atoms with E-state index in [1.165, 1.54) is 12.1 Å². The number of amides is 2. The molecule has 2 aromatic rings. The lowest BCUT2D eigenvalue weighted by Crippen LogP contribution is -2.46. The third-order valence-corrected chi connectivity index (χ3v) is 5.38. The molecule has 1 N–H and O–H groups in total. The Labute approximate surface area is 176 Å². The quantitative estimate of drug-likeness (QED) is 0.679. The molecule has 2 amide bonds. The number of nitrogens with one attached hydrogen (secondary N) is 1. The van der Waals surface area contributed by atoms with Gasteiger partial charge in [-0.05, 0) is 61.7 Å². The number of nitrogens with zero attached hydrogens (tertiary/aromatic N) is 1. The van der Waals surface area contributed by atoms with Crippen molar-refractivity contribution in [1.29, 1.82) is 0 Å². The van der Waals surface area contributed by atoms with Gasteiger partial charge in [0.2, 0.25) is 5.91 Å². The Morgan fingerprint density at radius 3 is 2.62 bits per heavy atom. The molecule has 3 rings (SSSR count). The average Bonchev–Trinajstić information content (AvgIpc) is 3.17. The minimum atomic E-state index is -2.91. The lowest BCUT2D eigenvalue weighted by atomic mass is 10.1. The minimum absolute atomic E-state index is 0.0338. The van der Waals surface area contributed by atoms with Crippen LogP contribution in [0.5, 0.6) is 5.75 Å². The number of ether oxygens (including phenoxy) is 1. The van der Waals surface area contributed by atoms with Crippen LogP contribution < -0.4 is 10.1 Å². The van der Waals surface area contributed by atoms with E-state index in [1.54, 1.807) is 48.2 Å². The van der Waals surface area contributed by atoms with Crippen LogP contribution in [0.3, 0.4) is 0 Å². The molecule has 29 heavy (non-hydrogen) atoms. The van der Waals surface area contributed by atoms with Crippen molar-refractivity contribution in [3.8, 4) is 5.75 Å². The molecule has 1 aliphatic rings. The third kappa shape index (κ3) is 5.32.